The quantitative estimate of drug-likeness (QED) is 0.335. The van der Waals surface area contributed by atoms with Gasteiger partial charge in [0.2, 0.25) is 0 Å². The highest BCUT2D eigenvalue weighted by atomic mass is 16.6. The molecule has 0 N–H and O–H groups in total. The summed E-state index contributed by atoms with van der Waals surface area (Å²) in [4.78, 5) is 21.0. The predicted molar refractivity (Wildman–Crippen MR) is 92.8 cm³/mol. The second kappa shape index (κ2) is 7.76. The van der Waals surface area contributed by atoms with E-state index in [0.717, 1.165) is 0 Å². The highest BCUT2D eigenvalue weighted by Crippen LogP contribution is 2.36. The molecule has 0 saturated carbocycles. The molecule has 0 fully saturated rings. The highest BCUT2D eigenvalue weighted by Gasteiger charge is 2.19. The first-order valence-electron chi connectivity index (χ1n) is 7.18. The van der Waals surface area contributed by atoms with Crippen molar-refractivity contribution in [3.63, 3.8) is 0 Å². The molecule has 0 radical (unpaired) electrons. The van der Waals surface area contributed by atoms with Gasteiger partial charge in [-0.05, 0) is 17.7 Å². The summed E-state index contributed by atoms with van der Waals surface area (Å²) >= 11 is 0. The minimum absolute atomic E-state index is 0.0315. The third-order valence-electron chi connectivity index (χ3n) is 3.52. The van der Waals surface area contributed by atoms with Gasteiger partial charge in [-0.3, -0.25) is 20.2 Å². The number of nitro benzene ring substituents is 2. The number of benzene rings is 2. The molecule has 0 unspecified atom stereocenters. The van der Waals surface area contributed by atoms with Gasteiger partial charge in [0.25, 0.3) is 11.4 Å². The maximum Gasteiger partial charge on any atom is 0.280 e. The van der Waals surface area contributed by atoms with Crippen molar-refractivity contribution >= 4 is 23.0 Å². The minimum atomic E-state index is -0.615. The van der Waals surface area contributed by atoms with Gasteiger partial charge < -0.3 is 9.47 Å². The number of hydrogen-bond donors (Lipinski definition) is 0. The van der Waals surface area contributed by atoms with Crippen molar-refractivity contribution in [2.75, 3.05) is 14.2 Å². The molecule has 2 rings (SSSR count). The van der Waals surface area contributed by atoms with Gasteiger partial charge in [0.15, 0.2) is 11.5 Å². The lowest BCUT2D eigenvalue weighted by Gasteiger charge is -2.09. The molecule has 2 aromatic carbocycles. The van der Waals surface area contributed by atoms with E-state index >= 15 is 0 Å². The van der Waals surface area contributed by atoms with Gasteiger partial charge in [-0.25, -0.2) is 0 Å². The van der Waals surface area contributed by atoms with Crippen molar-refractivity contribution in [1.82, 2.24) is 0 Å². The SMILES string of the molecule is COc1cc(/C=C(/C#N)c2cccc([N+](=O)[O-])c2)c([N+](=O)[O-])cc1OC. The number of nitriles is 1. The molecule has 0 spiro atoms. The summed E-state index contributed by atoms with van der Waals surface area (Å²) < 4.78 is 10.2. The second-order valence-electron chi connectivity index (χ2n) is 5.00. The zero-order chi connectivity index (χ0) is 19.3. The molecule has 132 valence electrons. The molecule has 26 heavy (non-hydrogen) atoms. The van der Waals surface area contributed by atoms with Gasteiger partial charge in [0, 0.05) is 12.1 Å². The monoisotopic (exact) mass is 355 g/mol. The maximum absolute atomic E-state index is 11.3. The molecule has 0 aliphatic heterocycles. The van der Waals surface area contributed by atoms with Crippen molar-refractivity contribution in [2.45, 2.75) is 0 Å². The van der Waals surface area contributed by atoms with Crippen LogP contribution in [0.25, 0.3) is 11.6 Å². The first kappa shape index (κ1) is 18.4. The number of rotatable bonds is 6. The van der Waals surface area contributed by atoms with Crippen LogP contribution in [0, 0.1) is 31.6 Å². The molecule has 0 heterocycles. The average Bonchev–Trinajstić information content (AvgIpc) is 2.65. The lowest BCUT2D eigenvalue weighted by atomic mass is 10.0. The third kappa shape index (κ3) is 3.76. The topological polar surface area (TPSA) is 129 Å². The molecular weight excluding hydrogens is 342 g/mol. The van der Waals surface area contributed by atoms with E-state index in [0.29, 0.717) is 0 Å². The molecular formula is C17H13N3O6. The van der Waals surface area contributed by atoms with E-state index in [9.17, 15) is 25.5 Å². The Bertz CT molecular complexity index is 946. The Hall–Kier alpha value is -3.93. The van der Waals surface area contributed by atoms with E-state index in [1.165, 1.54) is 56.7 Å². The number of hydrogen-bond acceptors (Lipinski definition) is 7. The maximum atomic E-state index is 11.3. The van der Waals surface area contributed by atoms with E-state index in [4.69, 9.17) is 9.47 Å². The van der Waals surface area contributed by atoms with Crippen LogP contribution in [0.4, 0.5) is 11.4 Å². The largest absolute Gasteiger partial charge is 0.493 e. The van der Waals surface area contributed by atoms with Gasteiger partial charge in [0.1, 0.15) is 0 Å². The van der Waals surface area contributed by atoms with E-state index in [-0.39, 0.29) is 39.6 Å². The molecule has 0 aromatic heterocycles. The molecule has 0 saturated heterocycles. The minimum Gasteiger partial charge on any atom is -0.493 e. The van der Waals surface area contributed by atoms with Crippen molar-refractivity contribution in [1.29, 1.82) is 5.26 Å². The van der Waals surface area contributed by atoms with Gasteiger partial charge in [-0.1, -0.05) is 12.1 Å². The van der Waals surface area contributed by atoms with Gasteiger partial charge in [-0.2, -0.15) is 5.26 Å². The van der Waals surface area contributed by atoms with Crippen molar-refractivity contribution in [2.24, 2.45) is 0 Å². The van der Waals surface area contributed by atoms with Crippen LogP contribution < -0.4 is 9.47 Å². The third-order valence-corrected chi connectivity index (χ3v) is 3.52. The first-order valence-corrected chi connectivity index (χ1v) is 7.18. The van der Waals surface area contributed by atoms with Crippen LogP contribution in [0.3, 0.4) is 0 Å². The van der Waals surface area contributed by atoms with E-state index < -0.39 is 9.85 Å². The number of nitrogens with zero attached hydrogens (tertiary/aromatic N) is 3. The van der Waals surface area contributed by atoms with Gasteiger partial charge >= 0.3 is 0 Å². The van der Waals surface area contributed by atoms with Gasteiger partial charge in [0.05, 0.1) is 47.3 Å². The normalized spacial score (nSPS) is 10.7. The Morgan fingerprint density at radius 3 is 2.27 bits per heavy atom. The number of methoxy groups -OCH3 is 2. The average molecular weight is 355 g/mol. The molecule has 0 amide bonds. The Kier molecular flexibility index (Phi) is 5.49. The highest BCUT2D eigenvalue weighted by molar-refractivity contribution is 5.92. The van der Waals surface area contributed by atoms with Crippen molar-refractivity contribution in [3.8, 4) is 17.6 Å². The number of nitro groups is 2. The summed E-state index contributed by atoms with van der Waals surface area (Å²) in [6.45, 7) is 0. The standard InChI is InChI=1S/C17H13N3O6/c1-25-16-8-12(15(20(23)24)9-17(16)26-2)6-13(10-18)11-4-3-5-14(7-11)19(21)22/h3-9H,1-2H3/b13-6-. The van der Waals surface area contributed by atoms with Crippen LogP contribution in [0.5, 0.6) is 11.5 Å². The first-order chi connectivity index (χ1) is 12.4. The second-order valence-corrected chi connectivity index (χ2v) is 5.00. The van der Waals surface area contributed by atoms with E-state index in [1.807, 2.05) is 6.07 Å². The van der Waals surface area contributed by atoms with E-state index in [2.05, 4.69) is 0 Å². The van der Waals surface area contributed by atoms with Crippen LogP contribution in [-0.2, 0) is 0 Å². The molecule has 2 aromatic rings. The van der Waals surface area contributed by atoms with Crippen LogP contribution in [0.1, 0.15) is 11.1 Å². The van der Waals surface area contributed by atoms with Crippen molar-refractivity contribution < 1.29 is 19.3 Å². The lowest BCUT2D eigenvalue weighted by Crippen LogP contribution is -1.97. The number of ether oxygens (including phenoxy) is 2. The zero-order valence-electron chi connectivity index (χ0n) is 13.8. The summed E-state index contributed by atoms with van der Waals surface area (Å²) in [5, 5.41) is 31.7. The summed E-state index contributed by atoms with van der Waals surface area (Å²) in [5.74, 6) is 0.422. The summed E-state index contributed by atoms with van der Waals surface area (Å²) in [5.41, 5.74) is -0.0724. The summed E-state index contributed by atoms with van der Waals surface area (Å²) in [7, 11) is 2.73. The van der Waals surface area contributed by atoms with Crippen molar-refractivity contribution in [3.05, 3.63) is 67.8 Å². The van der Waals surface area contributed by atoms with Gasteiger partial charge in [-0.15, -0.1) is 0 Å². The fraction of sp³-hybridized carbons (Fsp3) is 0.118. The zero-order valence-corrected chi connectivity index (χ0v) is 13.8. The fourth-order valence-electron chi connectivity index (χ4n) is 2.28. The number of allylic oxidation sites excluding steroid dienone is 1. The molecule has 0 bridgehead atoms. The lowest BCUT2D eigenvalue weighted by molar-refractivity contribution is -0.385. The Morgan fingerprint density at radius 1 is 1.08 bits per heavy atom. The smallest absolute Gasteiger partial charge is 0.280 e. The Balaban J connectivity index is 2.65. The summed E-state index contributed by atoms with van der Waals surface area (Å²) in [6, 6.07) is 9.92. The number of non-ortho nitro benzene ring substituents is 1. The van der Waals surface area contributed by atoms with Crippen LogP contribution >= 0.6 is 0 Å². The molecule has 0 aliphatic rings. The van der Waals surface area contributed by atoms with Crippen LogP contribution in [-0.4, -0.2) is 24.1 Å². The van der Waals surface area contributed by atoms with Crippen LogP contribution in [0.2, 0.25) is 0 Å². The molecule has 0 aliphatic carbocycles. The fourth-order valence-corrected chi connectivity index (χ4v) is 2.28. The van der Waals surface area contributed by atoms with Crippen LogP contribution in [0.15, 0.2) is 36.4 Å². The molecule has 0 atom stereocenters. The Labute approximate surface area is 148 Å². The molecule has 9 heteroatoms. The van der Waals surface area contributed by atoms with E-state index in [1.54, 1.807) is 0 Å². The predicted octanol–water partition coefficient (Wildman–Crippen LogP) is 3.58. The summed E-state index contributed by atoms with van der Waals surface area (Å²) in [6.07, 6.45) is 1.28. The Morgan fingerprint density at radius 2 is 1.73 bits per heavy atom. The molecule has 9 nitrogen and oxygen atoms in total.